The summed E-state index contributed by atoms with van der Waals surface area (Å²) in [6.07, 6.45) is 4.96. The van der Waals surface area contributed by atoms with Gasteiger partial charge < -0.3 is 15.5 Å². The van der Waals surface area contributed by atoms with Crippen molar-refractivity contribution in [1.29, 1.82) is 0 Å². The minimum absolute atomic E-state index is 0.0282. The minimum Gasteiger partial charge on any atom is -0.472 e. The number of rotatable bonds is 6. The number of carbonyl (C=O) groups is 1. The molecular formula is C11H18N2O2. The van der Waals surface area contributed by atoms with Crippen molar-refractivity contribution in [2.24, 2.45) is 11.7 Å². The third-order valence-corrected chi connectivity index (χ3v) is 2.34. The van der Waals surface area contributed by atoms with Crippen LogP contribution in [0.5, 0.6) is 0 Å². The van der Waals surface area contributed by atoms with Crippen LogP contribution in [0.25, 0.3) is 0 Å². The molecule has 0 bridgehead atoms. The van der Waals surface area contributed by atoms with Crippen molar-refractivity contribution in [2.75, 3.05) is 6.54 Å². The van der Waals surface area contributed by atoms with Crippen LogP contribution in [0, 0.1) is 5.92 Å². The lowest BCUT2D eigenvalue weighted by Gasteiger charge is -2.10. The highest BCUT2D eigenvalue weighted by Crippen LogP contribution is 2.05. The molecule has 0 aliphatic heterocycles. The Morgan fingerprint density at radius 2 is 2.47 bits per heavy atom. The van der Waals surface area contributed by atoms with Gasteiger partial charge in [-0.05, 0) is 25.5 Å². The monoisotopic (exact) mass is 210 g/mol. The molecular weight excluding hydrogens is 192 g/mol. The van der Waals surface area contributed by atoms with Crippen LogP contribution < -0.4 is 11.1 Å². The Kier molecular flexibility index (Phi) is 4.90. The van der Waals surface area contributed by atoms with Crippen LogP contribution in [0.1, 0.15) is 25.3 Å². The lowest BCUT2D eigenvalue weighted by molar-refractivity contribution is -0.124. The molecule has 0 aromatic carbocycles. The molecule has 1 amide bonds. The van der Waals surface area contributed by atoms with Gasteiger partial charge in [0.1, 0.15) is 0 Å². The second-order valence-corrected chi connectivity index (χ2v) is 3.68. The fraction of sp³-hybridized carbons (Fsp3) is 0.545. The molecule has 1 heterocycles. The number of furan rings is 1. The van der Waals surface area contributed by atoms with Crippen LogP contribution in [0.15, 0.2) is 23.0 Å². The quantitative estimate of drug-likeness (QED) is 0.743. The molecule has 0 spiro atoms. The van der Waals surface area contributed by atoms with Gasteiger partial charge in [0.15, 0.2) is 0 Å². The molecule has 0 aliphatic rings. The summed E-state index contributed by atoms with van der Waals surface area (Å²) < 4.78 is 4.90. The Labute approximate surface area is 89.8 Å². The van der Waals surface area contributed by atoms with Gasteiger partial charge in [0, 0.05) is 18.0 Å². The van der Waals surface area contributed by atoms with E-state index in [4.69, 9.17) is 10.2 Å². The van der Waals surface area contributed by atoms with E-state index in [9.17, 15) is 4.79 Å². The van der Waals surface area contributed by atoms with Crippen LogP contribution in [-0.4, -0.2) is 12.5 Å². The van der Waals surface area contributed by atoms with E-state index in [1.54, 1.807) is 12.5 Å². The molecule has 1 aromatic rings. The summed E-state index contributed by atoms with van der Waals surface area (Å²) in [6, 6.07) is 1.84. The van der Waals surface area contributed by atoms with Crippen LogP contribution in [0.4, 0.5) is 0 Å². The van der Waals surface area contributed by atoms with Crippen molar-refractivity contribution in [2.45, 2.75) is 26.3 Å². The number of nitrogens with two attached hydrogens (primary N) is 1. The maximum atomic E-state index is 11.6. The van der Waals surface area contributed by atoms with E-state index in [-0.39, 0.29) is 11.8 Å². The first-order valence-corrected chi connectivity index (χ1v) is 5.23. The maximum Gasteiger partial charge on any atom is 0.223 e. The Morgan fingerprint density at radius 1 is 1.67 bits per heavy atom. The van der Waals surface area contributed by atoms with E-state index in [1.165, 1.54) is 0 Å². The molecule has 0 saturated heterocycles. The van der Waals surface area contributed by atoms with E-state index in [1.807, 2.05) is 13.0 Å². The first kappa shape index (κ1) is 11.8. The maximum absolute atomic E-state index is 11.6. The van der Waals surface area contributed by atoms with Crippen LogP contribution in [0.3, 0.4) is 0 Å². The summed E-state index contributed by atoms with van der Waals surface area (Å²) in [5, 5.41) is 2.85. The van der Waals surface area contributed by atoms with Crippen molar-refractivity contribution >= 4 is 5.91 Å². The third kappa shape index (κ3) is 4.16. The largest absolute Gasteiger partial charge is 0.472 e. The third-order valence-electron chi connectivity index (χ3n) is 2.34. The zero-order valence-corrected chi connectivity index (χ0v) is 9.03. The van der Waals surface area contributed by atoms with E-state index in [2.05, 4.69) is 5.32 Å². The molecule has 0 saturated carbocycles. The highest BCUT2D eigenvalue weighted by molar-refractivity contribution is 5.78. The number of carbonyl (C=O) groups excluding carboxylic acids is 1. The van der Waals surface area contributed by atoms with Gasteiger partial charge in [-0.3, -0.25) is 4.79 Å². The minimum atomic E-state index is 0.0282. The van der Waals surface area contributed by atoms with Crippen molar-refractivity contribution in [3.63, 3.8) is 0 Å². The van der Waals surface area contributed by atoms with Gasteiger partial charge in [-0.2, -0.15) is 0 Å². The number of hydrogen-bond acceptors (Lipinski definition) is 3. The van der Waals surface area contributed by atoms with Crippen molar-refractivity contribution in [1.82, 2.24) is 5.32 Å². The van der Waals surface area contributed by atoms with Gasteiger partial charge in [-0.15, -0.1) is 0 Å². The molecule has 0 aliphatic carbocycles. The standard InChI is InChI=1S/C11H18N2O2/c1-9(3-2-5-12)11(14)13-7-10-4-6-15-8-10/h4,6,8-9H,2-3,5,7,12H2,1H3,(H,13,14). The first-order chi connectivity index (χ1) is 7.24. The highest BCUT2D eigenvalue weighted by Gasteiger charge is 2.11. The van der Waals surface area contributed by atoms with Crippen LogP contribution in [-0.2, 0) is 11.3 Å². The molecule has 0 radical (unpaired) electrons. The molecule has 4 heteroatoms. The fourth-order valence-electron chi connectivity index (χ4n) is 1.31. The zero-order chi connectivity index (χ0) is 11.1. The number of amides is 1. The lowest BCUT2D eigenvalue weighted by atomic mass is 10.0. The smallest absolute Gasteiger partial charge is 0.223 e. The molecule has 0 fully saturated rings. The second-order valence-electron chi connectivity index (χ2n) is 3.68. The Bertz CT molecular complexity index is 283. The summed E-state index contributed by atoms with van der Waals surface area (Å²) in [5.41, 5.74) is 6.36. The van der Waals surface area contributed by atoms with Gasteiger partial charge in [0.2, 0.25) is 5.91 Å². The van der Waals surface area contributed by atoms with Crippen molar-refractivity contribution in [3.05, 3.63) is 24.2 Å². The Hall–Kier alpha value is -1.29. The number of nitrogens with one attached hydrogen (secondary N) is 1. The summed E-state index contributed by atoms with van der Waals surface area (Å²) in [6.45, 7) is 3.09. The normalized spacial score (nSPS) is 12.4. The molecule has 1 rings (SSSR count). The van der Waals surface area contributed by atoms with Crippen LogP contribution >= 0.6 is 0 Å². The summed E-state index contributed by atoms with van der Waals surface area (Å²) in [4.78, 5) is 11.6. The van der Waals surface area contributed by atoms with Crippen molar-refractivity contribution < 1.29 is 9.21 Å². The SMILES string of the molecule is CC(CCCN)C(=O)NCc1ccoc1. The van der Waals surface area contributed by atoms with E-state index < -0.39 is 0 Å². The predicted octanol–water partition coefficient (Wildman–Crippen LogP) is 1.27. The van der Waals surface area contributed by atoms with Crippen molar-refractivity contribution in [3.8, 4) is 0 Å². The Balaban J connectivity index is 2.23. The molecule has 1 atom stereocenters. The fourth-order valence-corrected chi connectivity index (χ4v) is 1.31. The summed E-state index contributed by atoms with van der Waals surface area (Å²) >= 11 is 0. The lowest BCUT2D eigenvalue weighted by Crippen LogP contribution is -2.28. The molecule has 4 nitrogen and oxygen atoms in total. The van der Waals surface area contributed by atoms with E-state index in [0.29, 0.717) is 13.1 Å². The second kappa shape index (κ2) is 6.24. The van der Waals surface area contributed by atoms with E-state index >= 15 is 0 Å². The molecule has 1 unspecified atom stereocenters. The van der Waals surface area contributed by atoms with Gasteiger partial charge in [-0.25, -0.2) is 0 Å². The predicted molar refractivity (Wildman–Crippen MR) is 58.0 cm³/mol. The average molecular weight is 210 g/mol. The topological polar surface area (TPSA) is 68.3 Å². The summed E-state index contributed by atoms with van der Waals surface area (Å²) in [5.74, 6) is 0.102. The van der Waals surface area contributed by atoms with Gasteiger partial charge in [0.05, 0.1) is 12.5 Å². The Morgan fingerprint density at radius 3 is 3.07 bits per heavy atom. The van der Waals surface area contributed by atoms with Gasteiger partial charge in [0.25, 0.3) is 0 Å². The van der Waals surface area contributed by atoms with Gasteiger partial charge in [-0.1, -0.05) is 6.92 Å². The average Bonchev–Trinajstić information content (AvgIpc) is 2.75. The molecule has 15 heavy (non-hydrogen) atoms. The van der Waals surface area contributed by atoms with Crippen LogP contribution in [0.2, 0.25) is 0 Å². The molecule has 84 valence electrons. The van der Waals surface area contributed by atoms with E-state index in [0.717, 1.165) is 18.4 Å². The molecule has 3 N–H and O–H groups in total. The zero-order valence-electron chi connectivity index (χ0n) is 9.03. The number of hydrogen-bond donors (Lipinski definition) is 2. The highest BCUT2D eigenvalue weighted by atomic mass is 16.3. The molecule has 1 aromatic heterocycles. The first-order valence-electron chi connectivity index (χ1n) is 5.23. The van der Waals surface area contributed by atoms with Gasteiger partial charge >= 0.3 is 0 Å². The summed E-state index contributed by atoms with van der Waals surface area (Å²) in [7, 11) is 0.